The fourth-order valence-corrected chi connectivity index (χ4v) is 2.87. The highest BCUT2D eigenvalue weighted by Gasteiger charge is 2.19. The molecule has 0 aliphatic carbocycles. The van der Waals surface area contributed by atoms with Gasteiger partial charge >= 0.3 is 0 Å². The summed E-state index contributed by atoms with van der Waals surface area (Å²) in [6, 6.07) is 2.03. The maximum absolute atomic E-state index is 12.7. The van der Waals surface area contributed by atoms with Crippen molar-refractivity contribution in [1.82, 2.24) is 19.7 Å². The third kappa shape index (κ3) is 2.96. The molecule has 0 atom stereocenters. The Labute approximate surface area is 138 Å². The highest BCUT2D eigenvalue weighted by molar-refractivity contribution is 7.13. The van der Waals surface area contributed by atoms with Crippen LogP contribution in [-0.4, -0.2) is 25.7 Å². The minimum Gasteiger partial charge on any atom is -0.298 e. The Kier molecular flexibility index (Phi) is 4.12. The first-order chi connectivity index (χ1) is 11.0. The Hall–Kier alpha value is -2.28. The van der Waals surface area contributed by atoms with E-state index in [2.05, 4.69) is 29.2 Å². The number of rotatable bonds is 4. The van der Waals surface area contributed by atoms with Crippen LogP contribution >= 0.6 is 11.3 Å². The molecule has 0 bridgehead atoms. The zero-order chi connectivity index (χ0) is 16.6. The molecule has 0 spiro atoms. The van der Waals surface area contributed by atoms with Crippen molar-refractivity contribution in [3.63, 3.8) is 0 Å². The van der Waals surface area contributed by atoms with Crippen molar-refractivity contribution in [2.75, 3.05) is 5.32 Å². The molecule has 0 radical (unpaired) electrons. The fourth-order valence-electron chi connectivity index (χ4n) is 2.35. The van der Waals surface area contributed by atoms with E-state index in [1.165, 1.54) is 11.3 Å². The van der Waals surface area contributed by atoms with E-state index >= 15 is 0 Å². The average Bonchev–Trinajstić information content (AvgIpc) is 3.14. The number of fused-ring (bicyclic) bond motifs is 1. The molecule has 23 heavy (non-hydrogen) atoms. The summed E-state index contributed by atoms with van der Waals surface area (Å²) >= 11 is 1.39. The van der Waals surface area contributed by atoms with Crippen molar-refractivity contribution in [2.45, 2.75) is 39.7 Å². The minimum absolute atomic E-state index is 0.178. The van der Waals surface area contributed by atoms with Crippen LogP contribution in [0.2, 0.25) is 0 Å². The zero-order valence-electron chi connectivity index (χ0n) is 13.6. The first-order valence-electron chi connectivity index (χ1n) is 7.56. The van der Waals surface area contributed by atoms with Gasteiger partial charge in [-0.3, -0.25) is 10.1 Å². The third-order valence-corrected chi connectivity index (χ3v) is 4.25. The summed E-state index contributed by atoms with van der Waals surface area (Å²) in [7, 11) is 0. The molecule has 0 aliphatic rings. The second-order valence-electron chi connectivity index (χ2n) is 5.96. The van der Waals surface area contributed by atoms with Crippen molar-refractivity contribution < 1.29 is 4.79 Å². The predicted octanol–water partition coefficient (Wildman–Crippen LogP) is 3.84. The number of carbonyl (C=O) groups excluding carboxylic acids is 1. The molecule has 1 N–H and O–H groups in total. The van der Waals surface area contributed by atoms with Gasteiger partial charge in [0, 0.05) is 23.3 Å². The van der Waals surface area contributed by atoms with Gasteiger partial charge in [-0.05, 0) is 25.8 Å². The number of nitrogens with one attached hydrogen (secondary N) is 1. The van der Waals surface area contributed by atoms with Gasteiger partial charge in [-0.1, -0.05) is 13.8 Å². The predicted molar refractivity (Wildman–Crippen MR) is 92.1 cm³/mol. The van der Waals surface area contributed by atoms with E-state index in [9.17, 15) is 4.79 Å². The lowest BCUT2D eigenvalue weighted by Crippen LogP contribution is -2.14. The van der Waals surface area contributed by atoms with Crippen LogP contribution in [0.5, 0.6) is 0 Å². The molecule has 3 rings (SSSR count). The van der Waals surface area contributed by atoms with Crippen LogP contribution in [-0.2, 0) is 0 Å². The molecular formula is C16H19N5OS. The number of nitrogens with zero attached hydrogens (tertiary/aromatic N) is 4. The first-order valence-corrected chi connectivity index (χ1v) is 8.44. The summed E-state index contributed by atoms with van der Waals surface area (Å²) in [5.41, 5.74) is 2.21. The van der Waals surface area contributed by atoms with Gasteiger partial charge in [0.25, 0.3) is 5.91 Å². The summed E-state index contributed by atoms with van der Waals surface area (Å²) in [4.78, 5) is 21.5. The molecule has 3 aromatic rings. The largest absolute Gasteiger partial charge is 0.298 e. The number of amides is 1. The number of hydrogen-bond donors (Lipinski definition) is 1. The van der Waals surface area contributed by atoms with Crippen LogP contribution in [0.15, 0.2) is 23.8 Å². The van der Waals surface area contributed by atoms with Crippen LogP contribution in [0.1, 0.15) is 55.7 Å². The molecule has 1 amide bonds. The van der Waals surface area contributed by atoms with Crippen molar-refractivity contribution >= 4 is 33.4 Å². The lowest BCUT2D eigenvalue weighted by Gasteiger charge is -2.11. The van der Waals surface area contributed by atoms with Crippen LogP contribution in [0.3, 0.4) is 0 Å². The van der Waals surface area contributed by atoms with Gasteiger partial charge in [-0.25, -0.2) is 14.6 Å². The van der Waals surface area contributed by atoms with Gasteiger partial charge in [0.15, 0.2) is 10.8 Å². The molecule has 0 aliphatic heterocycles. The lowest BCUT2D eigenvalue weighted by molar-refractivity contribution is 0.102. The van der Waals surface area contributed by atoms with E-state index in [0.29, 0.717) is 10.7 Å². The zero-order valence-corrected chi connectivity index (χ0v) is 14.4. The smallest absolute Gasteiger partial charge is 0.258 e. The molecule has 0 saturated carbocycles. The molecule has 3 heterocycles. The number of thiazole rings is 1. The minimum atomic E-state index is -0.183. The van der Waals surface area contributed by atoms with Gasteiger partial charge in [0.2, 0.25) is 0 Å². The van der Waals surface area contributed by atoms with Crippen molar-refractivity contribution in [2.24, 2.45) is 0 Å². The van der Waals surface area contributed by atoms with Gasteiger partial charge in [0.1, 0.15) is 0 Å². The number of carbonyl (C=O) groups is 1. The Morgan fingerprint density at radius 1 is 1.30 bits per heavy atom. The van der Waals surface area contributed by atoms with E-state index in [1.54, 1.807) is 12.4 Å². The molecule has 0 aromatic carbocycles. The highest BCUT2D eigenvalue weighted by atomic mass is 32.1. The Morgan fingerprint density at radius 3 is 2.70 bits per heavy atom. The van der Waals surface area contributed by atoms with Gasteiger partial charge in [0.05, 0.1) is 17.1 Å². The summed E-state index contributed by atoms with van der Waals surface area (Å²) < 4.78 is 1.85. The number of aromatic nitrogens is 4. The molecule has 6 nitrogen and oxygen atoms in total. The Balaban J connectivity index is 2.12. The summed E-state index contributed by atoms with van der Waals surface area (Å²) in [5, 5.41) is 10.4. The molecular weight excluding hydrogens is 310 g/mol. The average molecular weight is 329 g/mol. The fraction of sp³-hybridized carbons (Fsp3) is 0.375. The van der Waals surface area contributed by atoms with E-state index in [4.69, 9.17) is 4.98 Å². The number of anilines is 1. The van der Waals surface area contributed by atoms with Crippen molar-refractivity contribution in [1.29, 1.82) is 0 Å². The highest BCUT2D eigenvalue weighted by Crippen LogP contribution is 2.25. The van der Waals surface area contributed by atoms with Crippen LogP contribution in [0.25, 0.3) is 11.0 Å². The monoisotopic (exact) mass is 329 g/mol. The first kappa shape index (κ1) is 15.6. The molecule has 0 fully saturated rings. The van der Waals surface area contributed by atoms with E-state index in [1.807, 2.05) is 30.0 Å². The van der Waals surface area contributed by atoms with E-state index in [0.717, 1.165) is 16.7 Å². The maximum atomic E-state index is 12.7. The maximum Gasteiger partial charge on any atom is 0.258 e. The summed E-state index contributed by atoms with van der Waals surface area (Å²) in [5.74, 6) is 0.0406. The normalized spacial score (nSPS) is 11.6. The Morgan fingerprint density at radius 2 is 2.09 bits per heavy atom. The SMILES string of the molecule is CC(C)c1cc(C(=O)Nc2nccs2)c2cnn(C(C)C)c2n1. The second-order valence-corrected chi connectivity index (χ2v) is 6.86. The molecule has 120 valence electrons. The van der Waals surface area contributed by atoms with Gasteiger partial charge in [-0.15, -0.1) is 11.3 Å². The molecule has 0 unspecified atom stereocenters. The van der Waals surface area contributed by atoms with Gasteiger partial charge in [-0.2, -0.15) is 5.10 Å². The van der Waals surface area contributed by atoms with Crippen LogP contribution in [0, 0.1) is 0 Å². The standard InChI is InChI=1S/C16H19N5OS/c1-9(2)13-7-11(15(22)20-16-17-5-6-23-16)12-8-18-21(10(3)4)14(12)19-13/h5-10H,1-4H3,(H,17,20,22). The lowest BCUT2D eigenvalue weighted by atomic mass is 10.0. The van der Waals surface area contributed by atoms with Gasteiger partial charge < -0.3 is 0 Å². The quantitative estimate of drug-likeness (QED) is 0.789. The third-order valence-electron chi connectivity index (χ3n) is 3.56. The molecule has 3 aromatic heterocycles. The second kappa shape index (κ2) is 6.08. The topological polar surface area (TPSA) is 72.7 Å². The summed E-state index contributed by atoms with van der Waals surface area (Å²) in [6.07, 6.45) is 3.38. The van der Waals surface area contributed by atoms with E-state index < -0.39 is 0 Å². The van der Waals surface area contributed by atoms with Crippen LogP contribution in [0.4, 0.5) is 5.13 Å². The molecule has 7 heteroatoms. The number of hydrogen-bond acceptors (Lipinski definition) is 5. The van der Waals surface area contributed by atoms with Crippen molar-refractivity contribution in [3.8, 4) is 0 Å². The molecule has 0 saturated heterocycles. The van der Waals surface area contributed by atoms with Crippen LogP contribution < -0.4 is 5.32 Å². The van der Waals surface area contributed by atoms with E-state index in [-0.39, 0.29) is 17.9 Å². The number of pyridine rings is 1. The van der Waals surface area contributed by atoms with Crippen molar-refractivity contribution in [3.05, 3.63) is 35.1 Å². The Bertz CT molecular complexity index is 836. The summed E-state index contributed by atoms with van der Waals surface area (Å²) in [6.45, 7) is 8.22.